The first-order valence-corrected chi connectivity index (χ1v) is 5.08. The third-order valence-corrected chi connectivity index (χ3v) is 2.79. The molecule has 0 saturated carbocycles. The maximum atomic E-state index is 12.7. The van der Waals surface area contributed by atoms with E-state index < -0.39 is 0 Å². The van der Waals surface area contributed by atoms with Crippen LogP contribution in [0.3, 0.4) is 0 Å². The number of anilines is 1. The van der Waals surface area contributed by atoms with E-state index >= 15 is 0 Å². The average molecular weight is 224 g/mol. The number of rotatable bonds is 2. The zero-order valence-corrected chi connectivity index (χ0v) is 8.81. The number of nitrogens with one attached hydrogen (secondary N) is 1. The summed E-state index contributed by atoms with van der Waals surface area (Å²) < 4.78 is 12.7. The fourth-order valence-corrected chi connectivity index (χ4v) is 1.94. The van der Waals surface area contributed by atoms with Gasteiger partial charge in [0.2, 0.25) is 0 Å². The molecule has 3 N–H and O–H groups in total. The standard InChI is InChI=1S/C9H9FN4S/c1-5-8(13-9(14-11)15-5)7-3-2-6(10)4-12-7/h2-4H,11H2,1H3,(H,13,14). The lowest BCUT2D eigenvalue weighted by Crippen LogP contribution is -2.05. The van der Waals surface area contributed by atoms with Crippen LogP contribution in [0.2, 0.25) is 0 Å². The van der Waals surface area contributed by atoms with Crippen molar-refractivity contribution in [2.24, 2.45) is 5.84 Å². The molecule has 0 atom stereocenters. The van der Waals surface area contributed by atoms with E-state index in [1.165, 1.54) is 23.6 Å². The van der Waals surface area contributed by atoms with E-state index in [9.17, 15) is 4.39 Å². The third kappa shape index (κ3) is 1.95. The van der Waals surface area contributed by atoms with Gasteiger partial charge in [0.1, 0.15) is 11.5 Å². The van der Waals surface area contributed by atoms with Crippen molar-refractivity contribution in [3.8, 4) is 11.4 Å². The number of aromatic nitrogens is 2. The molecule has 2 aromatic heterocycles. The van der Waals surface area contributed by atoms with Crippen LogP contribution in [0.1, 0.15) is 4.88 Å². The van der Waals surface area contributed by atoms with Gasteiger partial charge < -0.3 is 0 Å². The SMILES string of the molecule is Cc1sc(NN)nc1-c1ccc(F)cn1. The van der Waals surface area contributed by atoms with Gasteiger partial charge >= 0.3 is 0 Å². The molecule has 0 radical (unpaired) electrons. The summed E-state index contributed by atoms with van der Waals surface area (Å²) >= 11 is 1.43. The first-order valence-electron chi connectivity index (χ1n) is 4.26. The highest BCUT2D eigenvalue weighted by atomic mass is 32.1. The lowest BCUT2D eigenvalue weighted by Gasteiger charge is -1.96. The Labute approximate surface area is 90.0 Å². The highest BCUT2D eigenvalue weighted by Gasteiger charge is 2.09. The van der Waals surface area contributed by atoms with Gasteiger partial charge in [-0.2, -0.15) is 0 Å². The number of hydrogen-bond acceptors (Lipinski definition) is 5. The number of nitrogens with zero attached hydrogens (tertiary/aromatic N) is 2. The molecule has 0 spiro atoms. The zero-order valence-electron chi connectivity index (χ0n) is 7.99. The number of pyridine rings is 1. The van der Waals surface area contributed by atoms with Crippen LogP contribution in [0.5, 0.6) is 0 Å². The van der Waals surface area contributed by atoms with Gasteiger partial charge in [-0.05, 0) is 19.1 Å². The Morgan fingerprint density at radius 2 is 2.27 bits per heavy atom. The largest absolute Gasteiger partial charge is 0.300 e. The second-order valence-corrected chi connectivity index (χ2v) is 4.13. The van der Waals surface area contributed by atoms with Crippen molar-refractivity contribution in [1.29, 1.82) is 0 Å². The maximum absolute atomic E-state index is 12.7. The number of nitrogen functional groups attached to an aromatic ring is 1. The van der Waals surface area contributed by atoms with Crippen LogP contribution in [0.15, 0.2) is 18.3 Å². The zero-order chi connectivity index (χ0) is 10.8. The predicted octanol–water partition coefficient (Wildman–Crippen LogP) is 1.94. The molecule has 0 amide bonds. The number of nitrogens with two attached hydrogens (primary N) is 1. The van der Waals surface area contributed by atoms with Gasteiger partial charge in [-0.25, -0.2) is 15.2 Å². The summed E-state index contributed by atoms with van der Waals surface area (Å²) in [5.41, 5.74) is 3.85. The molecule has 2 aromatic rings. The van der Waals surface area contributed by atoms with Crippen LogP contribution >= 0.6 is 11.3 Å². The highest BCUT2D eigenvalue weighted by Crippen LogP contribution is 2.28. The maximum Gasteiger partial charge on any atom is 0.197 e. The van der Waals surface area contributed by atoms with E-state index in [1.54, 1.807) is 6.07 Å². The molecule has 78 valence electrons. The van der Waals surface area contributed by atoms with Crippen molar-refractivity contribution in [3.63, 3.8) is 0 Å². The predicted molar refractivity (Wildman–Crippen MR) is 57.9 cm³/mol. The van der Waals surface area contributed by atoms with Gasteiger partial charge in [0.05, 0.1) is 11.9 Å². The van der Waals surface area contributed by atoms with Crippen LogP contribution in [-0.2, 0) is 0 Å². The molecule has 0 saturated heterocycles. The number of halogens is 1. The molecule has 2 rings (SSSR count). The Hall–Kier alpha value is -1.53. The van der Waals surface area contributed by atoms with Crippen molar-refractivity contribution in [1.82, 2.24) is 9.97 Å². The number of hydrazine groups is 1. The van der Waals surface area contributed by atoms with E-state index in [0.29, 0.717) is 10.8 Å². The second-order valence-electron chi connectivity index (χ2n) is 2.93. The summed E-state index contributed by atoms with van der Waals surface area (Å²) in [6, 6.07) is 2.95. The van der Waals surface area contributed by atoms with E-state index in [0.717, 1.165) is 10.6 Å². The molecule has 0 aliphatic heterocycles. The Bertz CT molecular complexity index is 465. The molecule has 0 aromatic carbocycles. The number of aryl methyl sites for hydroxylation is 1. The fraction of sp³-hybridized carbons (Fsp3) is 0.111. The van der Waals surface area contributed by atoms with E-state index in [-0.39, 0.29) is 5.82 Å². The molecule has 0 aliphatic carbocycles. The summed E-state index contributed by atoms with van der Waals surface area (Å²) in [7, 11) is 0. The topological polar surface area (TPSA) is 63.8 Å². The van der Waals surface area contributed by atoms with E-state index in [2.05, 4.69) is 15.4 Å². The van der Waals surface area contributed by atoms with Crippen LogP contribution in [0, 0.1) is 12.7 Å². The van der Waals surface area contributed by atoms with Crippen LogP contribution in [-0.4, -0.2) is 9.97 Å². The molecule has 6 heteroatoms. The van der Waals surface area contributed by atoms with E-state index in [4.69, 9.17) is 5.84 Å². The summed E-state index contributed by atoms with van der Waals surface area (Å²) in [6.07, 6.45) is 1.17. The Morgan fingerprint density at radius 1 is 1.47 bits per heavy atom. The number of hydrogen-bond donors (Lipinski definition) is 2. The lowest BCUT2D eigenvalue weighted by atomic mass is 10.2. The van der Waals surface area contributed by atoms with Crippen LogP contribution < -0.4 is 11.3 Å². The van der Waals surface area contributed by atoms with Crippen molar-refractivity contribution < 1.29 is 4.39 Å². The van der Waals surface area contributed by atoms with Gasteiger partial charge in [0.25, 0.3) is 0 Å². The van der Waals surface area contributed by atoms with Crippen LogP contribution in [0.25, 0.3) is 11.4 Å². The van der Waals surface area contributed by atoms with Gasteiger partial charge in [0.15, 0.2) is 5.13 Å². The van der Waals surface area contributed by atoms with Gasteiger partial charge in [-0.3, -0.25) is 10.4 Å². The molecule has 15 heavy (non-hydrogen) atoms. The molecule has 4 nitrogen and oxygen atoms in total. The van der Waals surface area contributed by atoms with E-state index in [1.807, 2.05) is 6.92 Å². The van der Waals surface area contributed by atoms with Crippen molar-refractivity contribution >= 4 is 16.5 Å². The molecule has 0 aliphatic rings. The quantitative estimate of drug-likeness (QED) is 0.604. The smallest absolute Gasteiger partial charge is 0.197 e. The van der Waals surface area contributed by atoms with Crippen molar-refractivity contribution in [2.75, 3.05) is 5.43 Å². The Balaban J connectivity index is 2.44. The minimum Gasteiger partial charge on any atom is -0.300 e. The fourth-order valence-electron chi connectivity index (χ4n) is 1.21. The normalized spacial score (nSPS) is 10.3. The lowest BCUT2D eigenvalue weighted by molar-refractivity contribution is 0.622. The highest BCUT2D eigenvalue weighted by molar-refractivity contribution is 7.15. The van der Waals surface area contributed by atoms with Gasteiger partial charge in [-0.1, -0.05) is 0 Å². The second kappa shape index (κ2) is 3.92. The Morgan fingerprint density at radius 3 is 2.80 bits per heavy atom. The molecule has 0 bridgehead atoms. The molecular weight excluding hydrogens is 215 g/mol. The molecule has 2 heterocycles. The summed E-state index contributed by atoms with van der Waals surface area (Å²) in [6.45, 7) is 1.92. The first kappa shape index (κ1) is 10.0. The summed E-state index contributed by atoms with van der Waals surface area (Å²) in [5, 5.41) is 0.619. The minimum atomic E-state index is -0.358. The molecular formula is C9H9FN4S. The van der Waals surface area contributed by atoms with Crippen molar-refractivity contribution in [3.05, 3.63) is 29.0 Å². The van der Waals surface area contributed by atoms with Crippen LogP contribution in [0.4, 0.5) is 9.52 Å². The monoisotopic (exact) mass is 224 g/mol. The molecule has 0 unspecified atom stereocenters. The molecule has 0 fully saturated rings. The summed E-state index contributed by atoms with van der Waals surface area (Å²) in [5.74, 6) is 4.89. The van der Waals surface area contributed by atoms with Gasteiger partial charge in [0, 0.05) is 4.88 Å². The first-order chi connectivity index (χ1) is 7.20. The average Bonchev–Trinajstić information content (AvgIpc) is 2.61. The number of thiazole rings is 1. The third-order valence-electron chi connectivity index (χ3n) is 1.89. The van der Waals surface area contributed by atoms with Gasteiger partial charge in [-0.15, -0.1) is 11.3 Å². The summed E-state index contributed by atoms with van der Waals surface area (Å²) in [4.78, 5) is 9.17. The Kier molecular flexibility index (Phi) is 2.61. The van der Waals surface area contributed by atoms with Crippen molar-refractivity contribution in [2.45, 2.75) is 6.92 Å². The minimum absolute atomic E-state index is 0.358.